The molecule has 0 radical (unpaired) electrons. The van der Waals surface area contributed by atoms with Gasteiger partial charge in [-0.3, -0.25) is 4.79 Å². The van der Waals surface area contributed by atoms with Crippen LogP contribution in [-0.4, -0.2) is 26.0 Å². The van der Waals surface area contributed by atoms with Gasteiger partial charge in [-0.25, -0.2) is 12.7 Å². The third kappa shape index (κ3) is 2.00. The second-order valence-electron chi connectivity index (χ2n) is 8.02. The van der Waals surface area contributed by atoms with Gasteiger partial charge in [0.2, 0.25) is 15.5 Å². The van der Waals surface area contributed by atoms with Crippen LogP contribution in [0.4, 0.5) is 5.69 Å². The average molecular weight is 374 g/mol. The number of nitrogens with zero attached hydrogens (tertiary/aromatic N) is 2. The van der Waals surface area contributed by atoms with Crippen molar-refractivity contribution >= 4 is 32.4 Å². The van der Waals surface area contributed by atoms with E-state index in [-0.39, 0.29) is 22.9 Å². The van der Waals surface area contributed by atoms with E-state index in [9.17, 15) is 18.4 Å². The molecule has 4 rings (SSSR count). The summed E-state index contributed by atoms with van der Waals surface area (Å²) >= 11 is 0. The van der Waals surface area contributed by atoms with Gasteiger partial charge in [0.1, 0.15) is 11.2 Å². The number of ketones is 1. The van der Waals surface area contributed by atoms with Crippen LogP contribution in [-0.2, 0) is 14.8 Å². The molecule has 2 aromatic rings. The van der Waals surface area contributed by atoms with E-state index in [1.165, 1.54) is 10.5 Å². The summed E-state index contributed by atoms with van der Waals surface area (Å²) in [6.07, 6.45) is 4.16. The fourth-order valence-electron chi connectivity index (χ4n) is 5.18. The van der Waals surface area contributed by atoms with Crippen LogP contribution in [0.25, 0.3) is 10.9 Å². The van der Waals surface area contributed by atoms with E-state index in [0.717, 1.165) is 12.7 Å². The van der Waals surface area contributed by atoms with Crippen molar-refractivity contribution in [1.29, 1.82) is 0 Å². The second kappa shape index (κ2) is 5.19. The van der Waals surface area contributed by atoms with Crippen molar-refractivity contribution in [2.75, 3.05) is 10.6 Å². The first-order valence-corrected chi connectivity index (χ1v) is 10.6. The molecule has 0 saturated heterocycles. The molecule has 2 atom stereocenters. The van der Waals surface area contributed by atoms with Crippen LogP contribution in [0.15, 0.2) is 36.5 Å². The zero-order valence-corrected chi connectivity index (χ0v) is 15.9. The summed E-state index contributed by atoms with van der Waals surface area (Å²) in [6, 6.07) is 8.51. The first kappa shape index (κ1) is 17.3. The predicted octanol–water partition coefficient (Wildman–Crippen LogP) is 2.39. The number of carbonyl (C=O) groups is 1. The largest absolute Gasteiger partial charge is 0.618 e. The van der Waals surface area contributed by atoms with Crippen molar-refractivity contribution in [2.24, 2.45) is 11.3 Å². The molecule has 2 aliphatic rings. The zero-order valence-electron chi connectivity index (χ0n) is 15.1. The van der Waals surface area contributed by atoms with E-state index < -0.39 is 21.0 Å². The molecule has 1 aromatic carbocycles. The number of para-hydroxylation sites is 1. The van der Waals surface area contributed by atoms with Crippen molar-refractivity contribution in [2.45, 2.75) is 38.6 Å². The van der Waals surface area contributed by atoms with Crippen LogP contribution < -0.4 is 9.04 Å². The lowest BCUT2D eigenvalue weighted by Gasteiger charge is -2.45. The third-order valence-corrected chi connectivity index (χ3v) is 7.67. The van der Waals surface area contributed by atoms with Crippen LogP contribution in [0.3, 0.4) is 0 Å². The van der Waals surface area contributed by atoms with Crippen LogP contribution in [0.5, 0.6) is 0 Å². The number of anilines is 1. The quantitative estimate of drug-likeness (QED) is 0.610. The number of hydrogen-bond donors (Lipinski definition) is 0. The Hall–Kier alpha value is -2.15. The van der Waals surface area contributed by atoms with Crippen LogP contribution in [0.2, 0.25) is 0 Å². The minimum atomic E-state index is -3.80. The number of Topliss-reactive ketones (excluding diaryl/α,β-unsaturated/α-hetero) is 1. The molecule has 2 aliphatic carbocycles. The van der Waals surface area contributed by atoms with Gasteiger partial charge in [-0.1, -0.05) is 19.9 Å². The van der Waals surface area contributed by atoms with E-state index in [1.807, 2.05) is 13.8 Å². The molecule has 138 valence electrons. The van der Waals surface area contributed by atoms with Gasteiger partial charge in [-0.05, 0) is 42.4 Å². The molecular formula is C19H22N2O4S. The number of pyridine rings is 1. The summed E-state index contributed by atoms with van der Waals surface area (Å²) in [5.74, 6) is 0.114. The van der Waals surface area contributed by atoms with E-state index in [2.05, 4.69) is 0 Å². The number of aromatic nitrogens is 1. The lowest BCUT2D eigenvalue weighted by molar-refractivity contribution is -0.576. The van der Waals surface area contributed by atoms with E-state index >= 15 is 0 Å². The lowest BCUT2D eigenvalue weighted by Crippen LogP contribution is -2.60. The Balaban J connectivity index is 2.08. The highest BCUT2D eigenvalue weighted by Crippen LogP contribution is 2.62. The summed E-state index contributed by atoms with van der Waals surface area (Å²) in [7, 11) is -3.80. The summed E-state index contributed by atoms with van der Waals surface area (Å²) in [5.41, 5.74) is -1.07. The Labute approximate surface area is 153 Å². The predicted molar refractivity (Wildman–Crippen MR) is 99.1 cm³/mol. The van der Waals surface area contributed by atoms with Crippen molar-refractivity contribution in [3.8, 4) is 0 Å². The zero-order chi connectivity index (χ0) is 18.9. The molecule has 26 heavy (non-hydrogen) atoms. The summed E-state index contributed by atoms with van der Waals surface area (Å²) in [5, 5.41) is 13.1. The van der Waals surface area contributed by atoms with E-state index in [0.29, 0.717) is 23.0 Å². The summed E-state index contributed by atoms with van der Waals surface area (Å²) in [4.78, 5) is 13.1. The van der Waals surface area contributed by atoms with Gasteiger partial charge >= 0.3 is 0 Å². The first-order chi connectivity index (χ1) is 12.1. The molecule has 0 aliphatic heterocycles. The molecular weight excluding hydrogens is 352 g/mol. The highest BCUT2D eigenvalue weighted by molar-refractivity contribution is 7.92. The number of sulfonamides is 1. The Morgan fingerprint density at radius 3 is 2.50 bits per heavy atom. The third-order valence-electron chi connectivity index (χ3n) is 6.49. The van der Waals surface area contributed by atoms with Gasteiger partial charge in [0.15, 0.2) is 12.0 Å². The molecule has 0 spiro atoms. The average Bonchev–Trinajstić information content (AvgIpc) is 2.89. The number of hydrogen-bond acceptors (Lipinski definition) is 4. The molecule has 1 heterocycles. The highest BCUT2D eigenvalue weighted by Gasteiger charge is 2.69. The van der Waals surface area contributed by atoms with E-state index in [1.54, 1.807) is 30.3 Å². The highest BCUT2D eigenvalue weighted by atomic mass is 32.2. The number of carbonyl (C=O) groups excluding carboxylic acids is 1. The Bertz CT molecular complexity index is 1030. The molecule has 2 unspecified atom stereocenters. The van der Waals surface area contributed by atoms with Crippen LogP contribution in [0, 0.1) is 16.5 Å². The minimum Gasteiger partial charge on any atom is -0.618 e. The fourth-order valence-corrected chi connectivity index (χ4v) is 6.68. The number of fused-ring (bicyclic) bond motifs is 3. The van der Waals surface area contributed by atoms with Gasteiger partial charge in [0.05, 0.1) is 6.26 Å². The first-order valence-electron chi connectivity index (χ1n) is 8.75. The van der Waals surface area contributed by atoms with Gasteiger partial charge in [-0.15, -0.1) is 0 Å². The van der Waals surface area contributed by atoms with Crippen LogP contribution >= 0.6 is 0 Å². The summed E-state index contributed by atoms with van der Waals surface area (Å²) < 4.78 is 27.8. The van der Waals surface area contributed by atoms with Gasteiger partial charge in [0.25, 0.3) is 0 Å². The normalized spacial score (nSPS) is 27.2. The maximum atomic E-state index is 13.1. The maximum Gasteiger partial charge on any atom is 0.248 e. The lowest BCUT2D eigenvalue weighted by atomic mass is 9.75. The monoisotopic (exact) mass is 374 g/mol. The van der Waals surface area contributed by atoms with Crippen molar-refractivity contribution in [3.05, 3.63) is 41.7 Å². The molecule has 0 amide bonds. The van der Waals surface area contributed by atoms with Gasteiger partial charge in [0, 0.05) is 17.9 Å². The maximum absolute atomic E-state index is 13.1. The van der Waals surface area contributed by atoms with Gasteiger partial charge in [-0.2, -0.15) is 4.73 Å². The molecule has 2 fully saturated rings. The second-order valence-corrected chi connectivity index (χ2v) is 9.85. The topological polar surface area (TPSA) is 81.4 Å². The smallest absolute Gasteiger partial charge is 0.248 e. The fraction of sp³-hybridized carbons (Fsp3) is 0.474. The van der Waals surface area contributed by atoms with Crippen LogP contribution in [0.1, 0.15) is 33.1 Å². The summed E-state index contributed by atoms with van der Waals surface area (Å²) in [6.45, 7) is 3.95. The van der Waals surface area contributed by atoms with Crippen molar-refractivity contribution in [1.82, 2.24) is 0 Å². The molecule has 2 bridgehead atoms. The Kier molecular flexibility index (Phi) is 3.45. The SMILES string of the molecule is CC1(C)C2CCC1(N(c1cccc3ccc[n+]([O-])c13)S(C)(=O)=O)C(=O)C2. The van der Waals surface area contributed by atoms with E-state index in [4.69, 9.17) is 0 Å². The number of benzene rings is 1. The molecule has 6 nitrogen and oxygen atoms in total. The van der Waals surface area contributed by atoms with Gasteiger partial charge < -0.3 is 5.21 Å². The molecule has 7 heteroatoms. The molecule has 2 saturated carbocycles. The Morgan fingerprint density at radius 1 is 1.23 bits per heavy atom. The standard InChI is InChI=1S/C19H22N2O4S/c1-18(2)14-9-10-19(18,16(22)12-14)21(26(3,24)25)15-8-4-6-13-7-5-11-20(23)17(13)15/h4-8,11,14H,9-10,12H2,1-3H3. The molecule has 1 aromatic heterocycles. The van der Waals surface area contributed by atoms with Crippen molar-refractivity contribution in [3.63, 3.8) is 0 Å². The minimum absolute atomic E-state index is 0.0467. The molecule has 0 N–H and O–H groups in total. The van der Waals surface area contributed by atoms with Crippen molar-refractivity contribution < 1.29 is 17.9 Å². The number of rotatable bonds is 3. The Morgan fingerprint density at radius 2 is 1.92 bits per heavy atom.